The van der Waals surface area contributed by atoms with Gasteiger partial charge in [-0.3, -0.25) is 4.90 Å². The summed E-state index contributed by atoms with van der Waals surface area (Å²) in [5, 5.41) is 3.53. The van der Waals surface area contributed by atoms with Crippen LogP contribution in [0.2, 0.25) is 0 Å². The van der Waals surface area contributed by atoms with Crippen LogP contribution in [0.25, 0.3) is 0 Å². The molecular formula is C13H30N4. The molecule has 0 aromatic carbocycles. The Balaban J connectivity index is 1.90. The van der Waals surface area contributed by atoms with Crippen molar-refractivity contribution >= 4 is 0 Å². The number of nitrogens with one attached hydrogen (secondary N) is 1. The van der Waals surface area contributed by atoms with Crippen molar-refractivity contribution in [2.24, 2.45) is 0 Å². The van der Waals surface area contributed by atoms with Crippen LogP contribution in [0.1, 0.15) is 13.3 Å². The van der Waals surface area contributed by atoms with E-state index in [9.17, 15) is 0 Å². The average molecular weight is 242 g/mol. The van der Waals surface area contributed by atoms with Gasteiger partial charge in [-0.25, -0.2) is 0 Å². The van der Waals surface area contributed by atoms with Gasteiger partial charge < -0.3 is 15.1 Å². The minimum absolute atomic E-state index is 1.14. The second-order valence-electron chi connectivity index (χ2n) is 5.18. The van der Waals surface area contributed by atoms with Gasteiger partial charge in [-0.1, -0.05) is 6.92 Å². The van der Waals surface area contributed by atoms with E-state index in [2.05, 4.69) is 41.0 Å². The van der Waals surface area contributed by atoms with E-state index in [0.717, 1.165) is 13.1 Å². The summed E-state index contributed by atoms with van der Waals surface area (Å²) in [7, 11) is 4.26. The summed E-state index contributed by atoms with van der Waals surface area (Å²) < 4.78 is 0. The molecule has 1 fully saturated rings. The number of nitrogens with zero attached hydrogens (tertiary/aromatic N) is 3. The van der Waals surface area contributed by atoms with Gasteiger partial charge in [-0.2, -0.15) is 0 Å². The molecule has 0 aromatic rings. The third-order valence-corrected chi connectivity index (χ3v) is 3.48. The van der Waals surface area contributed by atoms with Gasteiger partial charge in [0.1, 0.15) is 0 Å². The van der Waals surface area contributed by atoms with E-state index in [1.165, 1.54) is 52.2 Å². The molecule has 0 saturated carbocycles. The first-order chi connectivity index (χ1) is 8.22. The second-order valence-corrected chi connectivity index (χ2v) is 5.18. The molecule has 1 saturated heterocycles. The fourth-order valence-electron chi connectivity index (χ4n) is 2.21. The number of hydrogen-bond donors (Lipinski definition) is 1. The molecule has 0 amide bonds. The summed E-state index contributed by atoms with van der Waals surface area (Å²) in [6.45, 7) is 13.1. The van der Waals surface area contributed by atoms with Gasteiger partial charge in [-0.15, -0.1) is 0 Å². The van der Waals surface area contributed by atoms with E-state index in [1.807, 2.05) is 0 Å². The monoisotopic (exact) mass is 242 g/mol. The third kappa shape index (κ3) is 6.99. The highest BCUT2D eigenvalue weighted by Crippen LogP contribution is 1.99. The standard InChI is InChI=1S/C13H30N4/c1-4-16-10-12-17(13-11-16)9-7-14-6-5-8-15(2)3/h14H,4-13H2,1-3H3. The lowest BCUT2D eigenvalue weighted by Gasteiger charge is -2.34. The maximum Gasteiger partial charge on any atom is 0.0110 e. The SMILES string of the molecule is CCN1CCN(CCNCCCN(C)C)CC1. The van der Waals surface area contributed by atoms with Crippen molar-refractivity contribution in [2.75, 3.05) is 73.0 Å². The first kappa shape index (κ1) is 14.9. The number of hydrogen-bond acceptors (Lipinski definition) is 4. The van der Waals surface area contributed by atoms with Crippen LogP contribution in [0.15, 0.2) is 0 Å². The largest absolute Gasteiger partial charge is 0.315 e. The van der Waals surface area contributed by atoms with Gasteiger partial charge in [0.05, 0.1) is 0 Å². The van der Waals surface area contributed by atoms with Crippen LogP contribution >= 0.6 is 0 Å². The number of likely N-dealkylation sites (N-methyl/N-ethyl adjacent to an activating group) is 1. The van der Waals surface area contributed by atoms with Crippen molar-refractivity contribution in [3.8, 4) is 0 Å². The summed E-state index contributed by atoms with van der Waals surface area (Å²) in [5.41, 5.74) is 0. The molecule has 102 valence electrons. The lowest BCUT2D eigenvalue weighted by atomic mass is 10.3. The van der Waals surface area contributed by atoms with Crippen molar-refractivity contribution in [3.63, 3.8) is 0 Å². The Bertz CT molecular complexity index is 176. The van der Waals surface area contributed by atoms with Crippen molar-refractivity contribution in [2.45, 2.75) is 13.3 Å². The highest BCUT2D eigenvalue weighted by molar-refractivity contribution is 4.71. The molecule has 1 aliphatic rings. The quantitative estimate of drug-likeness (QED) is 0.612. The minimum atomic E-state index is 1.14. The van der Waals surface area contributed by atoms with E-state index < -0.39 is 0 Å². The van der Waals surface area contributed by atoms with Crippen LogP contribution in [0.5, 0.6) is 0 Å². The molecule has 0 unspecified atom stereocenters. The lowest BCUT2D eigenvalue weighted by molar-refractivity contribution is 0.138. The maximum absolute atomic E-state index is 3.53. The first-order valence-corrected chi connectivity index (χ1v) is 7.02. The smallest absolute Gasteiger partial charge is 0.0110 e. The predicted molar refractivity (Wildman–Crippen MR) is 74.6 cm³/mol. The van der Waals surface area contributed by atoms with Crippen molar-refractivity contribution in [1.29, 1.82) is 0 Å². The lowest BCUT2D eigenvalue weighted by Crippen LogP contribution is -2.47. The highest BCUT2D eigenvalue weighted by atomic mass is 15.3. The highest BCUT2D eigenvalue weighted by Gasteiger charge is 2.14. The van der Waals surface area contributed by atoms with E-state index in [4.69, 9.17) is 0 Å². The zero-order valence-corrected chi connectivity index (χ0v) is 11.9. The molecule has 0 aliphatic carbocycles. The van der Waals surface area contributed by atoms with Gasteiger partial charge in [0.2, 0.25) is 0 Å². The fraction of sp³-hybridized carbons (Fsp3) is 1.00. The molecule has 0 spiro atoms. The molecule has 1 heterocycles. The first-order valence-electron chi connectivity index (χ1n) is 7.02. The Morgan fingerprint density at radius 3 is 2.24 bits per heavy atom. The van der Waals surface area contributed by atoms with E-state index >= 15 is 0 Å². The second kappa shape index (κ2) is 8.86. The molecule has 0 radical (unpaired) electrons. The van der Waals surface area contributed by atoms with E-state index in [-0.39, 0.29) is 0 Å². The Morgan fingerprint density at radius 1 is 1.00 bits per heavy atom. The molecule has 4 nitrogen and oxygen atoms in total. The molecule has 4 heteroatoms. The molecule has 0 bridgehead atoms. The Hall–Kier alpha value is -0.160. The number of piperazine rings is 1. The summed E-state index contributed by atoms with van der Waals surface area (Å²) in [4.78, 5) is 7.35. The molecule has 1 aliphatic heterocycles. The van der Waals surface area contributed by atoms with Gasteiger partial charge >= 0.3 is 0 Å². The van der Waals surface area contributed by atoms with Crippen LogP contribution in [-0.4, -0.2) is 87.7 Å². The molecule has 17 heavy (non-hydrogen) atoms. The summed E-state index contributed by atoms with van der Waals surface area (Å²) in [6, 6.07) is 0. The van der Waals surface area contributed by atoms with Gasteiger partial charge in [0.25, 0.3) is 0 Å². The van der Waals surface area contributed by atoms with Crippen molar-refractivity contribution < 1.29 is 0 Å². The Labute approximate surface area is 107 Å². The molecule has 1 rings (SSSR count). The molecule has 0 atom stereocenters. The molecule has 0 aromatic heterocycles. The topological polar surface area (TPSA) is 21.8 Å². The average Bonchev–Trinajstić information content (AvgIpc) is 2.34. The Morgan fingerprint density at radius 2 is 1.65 bits per heavy atom. The van der Waals surface area contributed by atoms with Gasteiger partial charge in [0, 0.05) is 39.3 Å². The van der Waals surface area contributed by atoms with Crippen LogP contribution < -0.4 is 5.32 Å². The minimum Gasteiger partial charge on any atom is -0.315 e. The van der Waals surface area contributed by atoms with Gasteiger partial charge in [0.15, 0.2) is 0 Å². The van der Waals surface area contributed by atoms with Crippen molar-refractivity contribution in [1.82, 2.24) is 20.0 Å². The van der Waals surface area contributed by atoms with Crippen molar-refractivity contribution in [3.05, 3.63) is 0 Å². The third-order valence-electron chi connectivity index (χ3n) is 3.48. The van der Waals surface area contributed by atoms with Crippen LogP contribution in [0.4, 0.5) is 0 Å². The zero-order chi connectivity index (χ0) is 12.5. The van der Waals surface area contributed by atoms with Gasteiger partial charge in [-0.05, 0) is 40.2 Å². The van der Waals surface area contributed by atoms with Crippen LogP contribution in [-0.2, 0) is 0 Å². The normalized spacial score (nSPS) is 19.1. The predicted octanol–water partition coefficient (Wildman–Crippen LogP) is 0.165. The van der Waals surface area contributed by atoms with Crippen LogP contribution in [0, 0.1) is 0 Å². The number of rotatable bonds is 8. The Kier molecular flexibility index (Phi) is 7.77. The summed E-state index contributed by atoms with van der Waals surface area (Å²) >= 11 is 0. The van der Waals surface area contributed by atoms with E-state index in [1.54, 1.807) is 0 Å². The fourth-order valence-corrected chi connectivity index (χ4v) is 2.21. The zero-order valence-electron chi connectivity index (χ0n) is 11.9. The maximum atomic E-state index is 3.53. The summed E-state index contributed by atoms with van der Waals surface area (Å²) in [5.74, 6) is 0. The molecule has 1 N–H and O–H groups in total. The van der Waals surface area contributed by atoms with Crippen LogP contribution in [0.3, 0.4) is 0 Å². The summed E-state index contributed by atoms with van der Waals surface area (Å²) in [6.07, 6.45) is 1.25. The van der Waals surface area contributed by atoms with E-state index in [0.29, 0.717) is 0 Å². The molecular weight excluding hydrogens is 212 g/mol.